The van der Waals surface area contributed by atoms with Gasteiger partial charge in [-0.05, 0) is 48.5 Å². The van der Waals surface area contributed by atoms with E-state index in [1.54, 1.807) is 24.3 Å². The molecule has 0 radical (unpaired) electrons. The van der Waals surface area contributed by atoms with Crippen LogP contribution in [0.15, 0.2) is 53.1 Å². The highest BCUT2D eigenvalue weighted by Gasteiger charge is 2.39. The van der Waals surface area contributed by atoms with Crippen LogP contribution in [0.3, 0.4) is 0 Å². The topological polar surface area (TPSA) is 85.5 Å². The lowest BCUT2D eigenvalue weighted by Gasteiger charge is -2.20. The van der Waals surface area contributed by atoms with Gasteiger partial charge in [0.25, 0.3) is 5.91 Å². The quantitative estimate of drug-likeness (QED) is 0.582. The molecule has 1 aromatic heterocycles. The van der Waals surface area contributed by atoms with Crippen molar-refractivity contribution in [1.82, 2.24) is 15.0 Å². The summed E-state index contributed by atoms with van der Waals surface area (Å²) in [7, 11) is 0. The van der Waals surface area contributed by atoms with Crippen molar-refractivity contribution in [2.45, 2.75) is 18.8 Å². The zero-order valence-corrected chi connectivity index (χ0v) is 16.4. The second kappa shape index (κ2) is 8.03. The van der Waals surface area contributed by atoms with Crippen molar-refractivity contribution in [3.63, 3.8) is 0 Å². The van der Waals surface area contributed by atoms with Gasteiger partial charge in [-0.2, -0.15) is 4.98 Å². The average Bonchev–Trinajstić information content (AvgIpc) is 3.34. The third-order valence-corrected chi connectivity index (χ3v) is 4.82. The molecule has 1 unspecified atom stereocenters. The van der Waals surface area contributed by atoms with Crippen LogP contribution >= 0.6 is 11.6 Å². The summed E-state index contributed by atoms with van der Waals surface area (Å²) >= 11 is 5.85. The Morgan fingerprint density at radius 1 is 1.13 bits per heavy atom. The highest BCUT2D eigenvalue weighted by Crippen LogP contribution is 2.32. The van der Waals surface area contributed by atoms with Gasteiger partial charge in [0.1, 0.15) is 11.8 Å². The second-order valence-electron chi connectivity index (χ2n) is 6.73. The number of hydrogen-bond donors (Lipinski definition) is 0. The molecule has 4 rings (SSSR count). The number of nitrogens with zero attached hydrogens (tertiary/aromatic N) is 3. The number of aromatic nitrogens is 2. The van der Waals surface area contributed by atoms with Crippen LogP contribution in [-0.2, 0) is 4.79 Å². The Morgan fingerprint density at radius 3 is 2.45 bits per heavy atom. The monoisotopic (exact) mass is 451 g/mol. The number of alkyl halides is 3. The molecule has 0 saturated carbocycles. The van der Waals surface area contributed by atoms with Gasteiger partial charge in [-0.3, -0.25) is 9.59 Å². The Labute approximate surface area is 178 Å². The molecule has 0 bridgehead atoms. The molecule has 1 saturated heterocycles. The Kier molecular flexibility index (Phi) is 5.40. The van der Waals surface area contributed by atoms with Gasteiger partial charge >= 0.3 is 6.36 Å². The fourth-order valence-corrected chi connectivity index (χ4v) is 3.30. The van der Waals surface area contributed by atoms with E-state index in [1.165, 1.54) is 17.0 Å². The van der Waals surface area contributed by atoms with Gasteiger partial charge in [0.05, 0.1) is 6.54 Å². The number of ketones is 1. The van der Waals surface area contributed by atoms with E-state index in [9.17, 15) is 22.8 Å². The van der Waals surface area contributed by atoms with Crippen molar-refractivity contribution in [2.24, 2.45) is 0 Å². The van der Waals surface area contributed by atoms with Crippen LogP contribution in [0.5, 0.6) is 5.75 Å². The smallest absolute Gasteiger partial charge is 0.406 e. The fourth-order valence-electron chi connectivity index (χ4n) is 3.18. The summed E-state index contributed by atoms with van der Waals surface area (Å²) < 4.78 is 46.0. The number of benzene rings is 2. The van der Waals surface area contributed by atoms with Crippen molar-refractivity contribution in [1.29, 1.82) is 0 Å². The number of likely N-dealkylation sites (tertiary alicyclic amines) is 1. The minimum atomic E-state index is -4.80. The number of Topliss-reactive ketones (excluding diaryl/α,β-unsaturated/α-hetero) is 1. The van der Waals surface area contributed by atoms with Gasteiger partial charge in [0.15, 0.2) is 5.78 Å². The minimum Gasteiger partial charge on any atom is -0.406 e. The fraction of sp³-hybridized carbons (Fsp3) is 0.200. The number of halogens is 4. The number of amides is 1. The molecule has 0 spiro atoms. The molecule has 7 nitrogen and oxygen atoms in total. The zero-order valence-electron chi connectivity index (χ0n) is 15.6. The van der Waals surface area contributed by atoms with Crippen LogP contribution in [0.25, 0.3) is 11.4 Å². The molecule has 3 aromatic rings. The molecule has 1 atom stereocenters. The van der Waals surface area contributed by atoms with Gasteiger partial charge in [0.2, 0.25) is 11.7 Å². The van der Waals surface area contributed by atoms with Gasteiger partial charge in [-0.15, -0.1) is 13.2 Å². The highest BCUT2D eigenvalue weighted by atomic mass is 35.5. The van der Waals surface area contributed by atoms with Gasteiger partial charge in [-0.1, -0.05) is 16.8 Å². The van der Waals surface area contributed by atoms with Crippen molar-refractivity contribution in [3.05, 3.63) is 65.0 Å². The van der Waals surface area contributed by atoms with E-state index in [-0.39, 0.29) is 42.1 Å². The van der Waals surface area contributed by atoms with Crippen molar-refractivity contribution in [3.8, 4) is 17.1 Å². The van der Waals surface area contributed by atoms with Gasteiger partial charge < -0.3 is 14.2 Å². The number of carbonyl (C=O) groups excluding carboxylic acids is 2. The summed E-state index contributed by atoms with van der Waals surface area (Å²) in [6, 6.07) is 10.4. The molecule has 2 aromatic carbocycles. The molecule has 0 aliphatic carbocycles. The summed E-state index contributed by atoms with van der Waals surface area (Å²) in [5.41, 5.74) is 0.730. The van der Waals surface area contributed by atoms with Crippen molar-refractivity contribution < 1.29 is 32.0 Å². The van der Waals surface area contributed by atoms with Crippen LogP contribution in [0.2, 0.25) is 5.02 Å². The number of hydrogen-bond acceptors (Lipinski definition) is 6. The molecular formula is C20H13ClF3N3O4. The van der Waals surface area contributed by atoms with Crippen LogP contribution in [0, 0.1) is 0 Å². The van der Waals surface area contributed by atoms with E-state index in [0.717, 1.165) is 12.1 Å². The molecule has 11 heteroatoms. The Morgan fingerprint density at radius 2 is 1.81 bits per heavy atom. The normalized spacial score (nSPS) is 16.6. The lowest BCUT2D eigenvalue weighted by molar-refractivity contribution is -0.274. The third-order valence-electron chi connectivity index (χ3n) is 4.57. The van der Waals surface area contributed by atoms with E-state index in [0.29, 0.717) is 16.1 Å². The van der Waals surface area contributed by atoms with Gasteiger partial charge in [0, 0.05) is 22.6 Å². The summed E-state index contributed by atoms with van der Waals surface area (Å²) in [4.78, 5) is 30.5. The first-order valence-electron chi connectivity index (χ1n) is 8.97. The minimum absolute atomic E-state index is 0.0132. The molecule has 1 fully saturated rings. The molecule has 2 heterocycles. The van der Waals surface area contributed by atoms with Crippen molar-refractivity contribution >= 4 is 23.3 Å². The first-order valence-corrected chi connectivity index (χ1v) is 9.35. The van der Waals surface area contributed by atoms with Crippen LogP contribution in [0.1, 0.15) is 28.7 Å². The molecule has 1 aliphatic rings. The zero-order chi connectivity index (χ0) is 22.2. The maximum atomic E-state index is 12.9. The Balaban J connectivity index is 1.55. The highest BCUT2D eigenvalue weighted by molar-refractivity contribution is 6.30. The first kappa shape index (κ1) is 20.9. The standard InChI is InChI=1S/C20H13ClF3N3O4/c21-13-5-1-12(2-6-13)19(29)27-10-14(28)9-16(27)18-25-17(26-31-18)11-3-7-15(8-4-11)30-20(22,23)24/h1-8,16H,9-10H2. The van der Waals surface area contributed by atoms with Crippen molar-refractivity contribution in [2.75, 3.05) is 6.54 Å². The van der Waals surface area contributed by atoms with E-state index in [2.05, 4.69) is 14.9 Å². The van der Waals surface area contributed by atoms with Crippen LogP contribution in [0.4, 0.5) is 13.2 Å². The van der Waals surface area contributed by atoms with Gasteiger partial charge in [-0.25, -0.2) is 0 Å². The predicted molar refractivity (Wildman–Crippen MR) is 101 cm³/mol. The summed E-state index contributed by atoms with van der Waals surface area (Å²) in [6.07, 6.45) is -4.78. The van der Waals surface area contributed by atoms with E-state index in [4.69, 9.17) is 16.1 Å². The lowest BCUT2D eigenvalue weighted by atomic mass is 10.1. The largest absolute Gasteiger partial charge is 0.573 e. The Bertz CT molecular complexity index is 1110. The van der Waals surface area contributed by atoms with Crippen LogP contribution < -0.4 is 4.74 Å². The van der Waals surface area contributed by atoms with E-state index < -0.39 is 12.4 Å². The molecular weight excluding hydrogens is 439 g/mol. The second-order valence-corrected chi connectivity index (χ2v) is 7.16. The number of carbonyl (C=O) groups is 2. The summed E-state index contributed by atoms with van der Waals surface area (Å²) in [6.45, 7) is -0.104. The lowest BCUT2D eigenvalue weighted by Crippen LogP contribution is -2.31. The number of ether oxygens (including phenoxy) is 1. The summed E-state index contributed by atoms with van der Waals surface area (Å²) in [5.74, 6) is -0.784. The first-order chi connectivity index (χ1) is 14.7. The molecule has 160 valence electrons. The molecule has 1 amide bonds. The molecule has 0 N–H and O–H groups in total. The maximum Gasteiger partial charge on any atom is 0.573 e. The predicted octanol–water partition coefficient (Wildman–Crippen LogP) is 4.44. The Hall–Kier alpha value is -3.40. The van der Waals surface area contributed by atoms with Crippen LogP contribution in [-0.4, -0.2) is 39.6 Å². The SMILES string of the molecule is O=C1CC(c2nc(-c3ccc(OC(F)(F)F)cc3)no2)N(C(=O)c2ccc(Cl)cc2)C1. The number of rotatable bonds is 4. The molecule has 31 heavy (non-hydrogen) atoms. The molecule has 1 aliphatic heterocycles. The summed E-state index contributed by atoms with van der Waals surface area (Å²) in [5, 5.41) is 4.29. The third kappa shape index (κ3) is 4.69. The average molecular weight is 452 g/mol. The van der Waals surface area contributed by atoms with E-state index >= 15 is 0 Å². The van der Waals surface area contributed by atoms with E-state index in [1.807, 2.05) is 0 Å². The maximum absolute atomic E-state index is 12.9.